The SMILES string of the molecule is Cc1cc(C(=O)Oc2ccc(C(c3ccc(O)cc3)(C(F)(F)F)C(F)(F)F)cc2)ccc1N1C(=O)c2ccc(C(c3ccc4c(c3)C(=O)N(c3cc(C=O)ccc3C)C4=O)(C(F)(F)F)C(F)(F)F)cc2C1=O. The third-order valence-corrected chi connectivity index (χ3v) is 12.4. The van der Waals surface area contributed by atoms with Crippen molar-refractivity contribution >= 4 is 47.3 Å². The van der Waals surface area contributed by atoms with Gasteiger partial charge in [0.25, 0.3) is 23.6 Å². The van der Waals surface area contributed by atoms with E-state index in [1.807, 2.05) is 0 Å². The van der Waals surface area contributed by atoms with Gasteiger partial charge in [-0.05, 0) is 120 Å². The van der Waals surface area contributed by atoms with Crippen molar-refractivity contribution in [3.05, 3.63) is 188 Å². The van der Waals surface area contributed by atoms with Crippen LogP contribution in [0.3, 0.4) is 0 Å². The van der Waals surface area contributed by atoms with Crippen molar-refractivity contribution in [2.24, 2.45) is 0 Å². The van der Waals surface area contributed by atoms with Crippen LogP contribution in [0.4, 0.5) is 64.1 Å². The molecule has 8 rings (SSSR count). The Labute approximate surface area is 396 Å². The zero-order chi connectivity index (χ0) is 52.8. The summed E-state index contributed by atoms with van der Waals surface area (Å²) in [4.78, 5) is 80.3. The smallest absolute Gasteiger partial charge is 0.411 e. The molecule has 1 N–H and O–H groups in total. The van der Waals surface area contributed by atoms with Gasteiger partial charge in [-0.2, -0.15) is 52.7 Å². The average molecular weight is 1010 g/mol. The Bertz CT molecular complexity index is 3260. The van der Waals surface area contributed by atoms with E-state index in [0.717, 1.165) is 24.3 Å². The van der Waals surface area contributed by atoms with Gasteiger partial charge < -0.3 is 9.84 Å². The number of fused-ring (bicyclic) bond motifs is 2. The first-order valence-corrected chi connectivity index (χ1v) is 20.6. The van der Waals surface area contributed by atoms with E-state index in [9.17, 15) is 60.2 Å². The highest BCUT2D eigenvalue weighted by molar-refractivity contribution is 6.35. The van der Waals surface area contributed by atoms with Crippen LogP contribution in [0.5, 0.6) is 11.5 Å². The zero-order valence-corrected chi connectivity index (χ0v) is 36.4. The number of nitrogens with zero attached hydrogens (tertiary/aromatic N) is 2. The van der Waals surface area contributed by atoms with Crippen molar-refractivity contribution < 1.29 is 91.3 Å². The third kappa shape index (κ3) is 7.53. The Morgan fingerprint density at radius 3 is 1.33 bits per heavy atom. The molecule has 2 heterocycles. The average Bonchev–Trinajstić information content (AvgIpc) is 3.68. The molecule has 0 aromatic heterocycles. The molecule has 0 fully saturated rings. The van der Waals surface area contributed by atoms with E-state index in [-0.39, 0.29) is 45.8 Å². The number of ether oxygens (including phenoxy) is 1. The molecule has 0 saturated heterocycles. The monoisotopic (exact) mass is 1010 g/mol. The molecule has 2 aliphatic rings. The van der Waals surface area contributed by atoms with E-state index in [4.69, 9.17) is 4.74 Å². The lowest BCUT2D eigenvalue weighted by atomic mass is 9.71. The summed E-state index contributed by atoms with van der Waals surface area (Å²) in [6.07, 6.45) is -24.2. The second-order valence-electron chi connectivity index (χ2n) is 16.5. The number of halogens is 12. The Hall–Kier alpha value is -8.30. The van der Waals surface area contributed by atoms with Gasteiger partial charge in [-0.1, -0.05) is 48.5 Å². The molecule has 370 valence electrons. The summed E-state index contributed by atoms with van der Waals surface area (Å²) in [7, 11) is 0. The standard InChI is InChI=1S/C50H28F12N2O8/c1-24-3-4-26(23-65)20-39(24)64-41(68)35-17-11-31(22-37(35)43(64)70)46(49(57,58)59,50(60,61)62)30-10-16-34-36(21-30)42(69)63(40(34)67)38-18-5-27(19-25(38)2)44(71)72-33-14-8-29(9-15-33)45(47(51,52)53,48(54,55)56)28-6-12-32(66)13-7-28/h3-23,66H,1-2H3. The summed E-state index contributed by atoms with van der Waals surface area (Å²) in [5.74, 6) is -7.46. The quantitative estimate of drug-likeness (QED) is 0.0497. The Balaban J connectivity index is 1.09. The summed E-state index contributed by atoms with van der Waals surface area (Å²) in [5, 5.41) is 9.52. The number of anilines is 2. The summed E-state index contributed by atoms with van der Waals surface area (Å²) in [5.41, 5.74) is -19.1. The van der Waals surface area contributed by atoms with Crippen molar-refractivity contribution in [1.29, 1.82) is 0 Å². The molecule has 6 aromatic rings. The van der Waals surface area contributed by atoms with Gasteiger partial charge in [0.05, 0.1) is 39.2 Å². The van der Waals surface area contributed by atoms with Crippen molar-refractivity contribution in [2.45, 2.75) is 49.4 Å². The molecule has 0 radical (unpaired) electrons. The number of imide groups is 2. The molecule has 10 nitrogen and oxygen atoms in total. The molecule has 0 unspecified atom stereocenters. The number of hydrogen-bond donors (Lipinski definition) is 1. The highest BCUT2D eigenvalue weighted by Crippen LogP contribution is 2.58. The number of benzene rings is 6. The van der Waals surface area contributed by atoms with Crippen LogP contribution in [-0.2, 0) is 10.8 Å². The fourth-order valence-electron chi connectivity index (χ4n) is 8.97. The lowest BCUT2D eigenvalue weighted by Crippen LogP contribution is -2.55. The molecule has 4 amide bonds. The first kappa shape index (κ1) is 50.1. The lowest BCUT2D eigenvalue weighted by Gasteiger charge is -2.38. The zero-order valence-electron chi connectivity index (χ0n) is 36.4. The van der Waals surface area contributed by atoms with Crippen LogP contribution in [0.15, 0.2) is 121 Å². The van der Waals surface area contributed by atoms with Gasteiger partial charge in [0.2, 0.25) is 10.8 Å². The maximum Gasteiger partial charge on any atom is 0.411 e. The third-order valence-electron chi connectivity index (χ3n) is 12.4. The maximum atomic E-state index is 15.4. The number of amides is 4. The molecule has 0 saturated carbocycles. The van der Waals surface area contributed by atoms with Crippen molar-refractivity contribution in [3.8, 4) is 11.5 Å². The number of aryl methyl sites for hydroxylation is 2. The summed E-state index contributed by atoms with van der Waals surface area (Å²) in [6, 6.07) is 13.4. The van der Waals surface area contributed by atoms with Gasteiger partial charge in [0.15, 0.2) is 0 Å². The highest BCUT2D eigenvalue weighted by Gasteiger charge is 2.74. The number of phenols is 1. The van der Waals surface area contributed by atoms with E-state index in [1.165, 1.54) is 26.0 Å². The normalized spacial score (nSPS) is 14.5. The minimum absolute atomic E-state index is 0.00537. The predicted octanol–water partition coefficient (Wildman–Crippen LogP) is 11.5. The van der Waals surface area contributed by atoms with E-state index < -0.39 is 121 Å². The molecule has 22 heteroatoms. The van der Waals surface area contributed by atoms with Crippen LogP contribution in [-0.4, -0.2) is 65.7 Å². The van der Waals surface area contributed by atoms with Gasteiger partial charge in [-0.25, -0.2) is 14.6 Å². The van der Waals surface area contributed by atoms with Gasteiger partial charge in [0.1, 0.15) is 17.8 Å². The number of aldehydes is 1. The van der Waals surface area contributed by atoms with Gasteiger partial charge >= 0.3 is 30.7 Å². The Morgan fingerprint density at radius 1 is 0.472 bits per heavy atom. The number of rotatable bonds is 9. The fourth-order valence-corrected chi connectivity index (χ4v) is 8.97. The molecular weight excluding hydrogens is 985 g/mol. The molecule has 0 atom stereocenters. The molecule has 0 bridgehead atoms. The molecule has 6 aromatic carbocycles. The van der Waals surface area contributed by atoms with Crippen LogP contribution < -0.4 is 14.5 Å². The number of phenolic OH excluding ortho intramolecular Hbond substituents is 1. The highest BCUT2D eigenvalue weighted by atomic mass is 19.4. The molecule has 0 aliphatic carbocycles. The maximum absolute atomic E-state index is 15.4. The fraction of sp³-hybridized carbons (Fsp3) is 0.160. The molecular formula is C50H28F12N2O8. The molecule has 0 spiro atoms. The van der Waals surface area contributed by atoms with Crippen LogP contribution in [0.2, 0.25) is 0 Å². The van der Waals surface area contributed by atoms with Crippen LogP contribution in [0.1, 0.15) is 95.5 Å². The number of esters is 1. The van der Waals surface area contributed by atoms with E-state index in [0.29, 0.717) is 88.9 Å². The second kappa shape index (κ2) is 16.9. The van der Waals surface area contributed by atoms with Gasteiger partial charge in [0, 0.05) is 5.56 Å². The largest absolute Gasteiger partial charge is 0.508 e. The molecule has 2 aliphatic heterocycles. The number of aromatic hydroxyl groups is 1. The van der Waals surface area contributed by atoms with E-state index in [2.05, 4.69) is 0 Å². The number of carbonyl (C=O) groups excluding carboxylic acids is 6. The first-order chi connectivity index (χ1) is 33.5. The first-order valence-electron chi connectivity index (χ1n) is 20.6. The lowest BCUT2D eigenvalue weighted by molar-refractivity contribution is -0.290. The minimum atomic E-state index is -6.28. The van der Waals surface area contributed by atoms with Crippen LogP contribution >= 0.6 is 0 Å². The van der Waals surface area contributed by atoms with Crippen molar-refractivity contribution in [3.63, 3.8) is 0 Å². The Kier molecular flexibility index (Phi) is 11.8. The number of hydrogen-bond acceptors (Lipinski definition) is 8. The van der Waals surface area contributed by atoms with Crippen molar-refractivity contribution in [2.75, 3.05) is 9.80 Å². The minimum Gasteiger partial charge on any atom is -0.508 e. The van der Waals surface area contributed by atoms with Gasteiger partial charge in [-0.3, -0.25) is 24.0 Å². The van der Waals surface area contributed by atoms with E-state index in [1.54, 1.807) is 0 Å². The Morgan fingerprint density at radius 2 is 0.889 bits per heavy atom. The number of carbonyl (C=O) groups is 6. The summed E-state index contributed by atoms with van der Waals surface area (Å²) in [6.45, 7) is 2.66. The summed E-state index contributed by atoms with van der Waals surface area (Å²) < 4.78 is 185. The van der Waals surface area contributed by atoms with Crippen LogP contribution in [0, 0.1) is 13.8 Å². The predicted molar refractivity (Wildman–Crippen MR) is 228 cm³/mol. The second-order valence-corrected chi connectivity index (χ2v) is 16.5. The van der Waals surface area contributed by atoms with Gasteiger partial charge in [-0.15, -0.1) is 0 Å². The molecule has 72 heavy (non-hydrogen) atoms. The summed E-state index contributed by atoms with van der Waals surface area (Å²) >= 11 is 0. The van der Waals surface area contributed by atoms with Crippen LogP contribution in [0.25, 0.3) is 0 Å². The topological polar surface area (TPSA) is 138 Å². The number of alkyl halides is 12. The van der Waals surface area contributed by atoms with Crippen molar-refractivity contribution in [1.82, 2.24) is 0 Å². The van der Waals surface area contributed by atoms with E-state index >= 15 is 26.3 Å².